The summed E-state index contributed by atoms with van der Waals surface area (Å²) in [6.07, 6.45) is 22.7. The number of aliphatic hydroxyl groups is 2. The first-order valence-corrected chi connectivity index (χ1v) is 10.5. The zero-order chi connectivity index (χ0) is 17.7. The highest BCUT2D eigenvalue weighted by Crippen LogP contribution is 2.09. The molecule has 0 aliphatic rings. The van der Waals surface area contributed by atoms with Crippen LogP contribution in [0.4, 0.5) is 0 Å². The van der Waals surface area contributed by atoms with E-state index >= 15 is 0 Å². The van der Waals surface area contributed by atoms with Crippen molar-refractivity contribution < 1.29 is 10.2 Å². The standard InChI is InChI=1S/C21H43NO2/c1-2-3-4-5-6-7-8-9-10-11-12-13-14-15-16-17-18-22-19-21(24)20-23/h9-10,21-24H,2-8,11-20H2,1H3. The highest BCUT2D eigenvalue weighted by Gasteiger charge is 1.99. The first-order valence-electron chi connectivity index (χ1n) is 10.5. The Hall–Kier alpha value is -0.380. The van der Waals surface area contributed by atoms with Crippen molar-refractivity contribution in [1.29, 1.82) is 0 Å². The molecule has 0 rings (SSSR count). The zero-order valence-electron chi connectivity index (χ0n) is 16.1. The Bertz CT molecular complexity index is 256. The Morgan fingerprint density at radius 1 is 0.750 bits per heavy atom. The summed E-state index contributed by atoms with van der Waals surface area (Å²) in [5, 5.41) is 21.0. The third-order valence-electron chi connectivity index (χ3n) is 4.46. The summed E-state index contributed by atoms with van der Waals surface area (Å²) in [6, 6.07) is 0. The van der Waals surface area contributed by atoms with E-state index in [0.717, 1.165) is 13.0 Å². The quantitative estimate of drug-likeness (QED) is 0.230. The smallest absolute Gasteiger partial charge is 0.0894 e. The maximum absolute atomic E-state index is 9.17. The molecule has 0 aliphatic carbocycles. The number of nitrogens with one attached hydrogen (secondary N) is 1. The Kier molecular flexibility index (Phi) is 20.3. The molecule has 3 nitrogen and oxygen atoms in total. The summed E-state index contributed by atoms with van der Waals surface area (Å²) < 4.78 is 0. The second-order valence-corrected chi connectivity index (χ2v) is 6.98. The van der Waals surface area contributed by atoms with E-state index < -0.39 is 6.10 Å². The van der Waals surface area contributed by atoms with Crippen LogP contribution < -0.4 is 5.32 Å². The van der Waals surface area contributed by atoms with Gasteiger partial charge in [0, 0.05) is 6.54 Å². The van der Waals surface area contributed by atoms with Crippen LogP contribution in [0.15, 0.2) is 12.2 Å². The molecule has 0 bridgehead atoms. The molecule has 24 heavy (non-hydrogen) atoms. The fourth-order valence-corrected chi connectivity index (χ4v) is 2.83. The van der Waals surface area contributed by atoms with Crippen molar-refractivity contribution in [1.82, 2.24) is 5.32 Å². The van der Waals surface area contributed by atoms with E-state index in [4.69, 9.17) is 5.11 Å². The second kappa shape index (κ2) is 20.7. The van der Waals surface area contributed by atoms with Crippen LogP contribution in [-0.2, 0) is 0 Å². The Balaban J connectivity index is 3.08. The van der Waals surface area contributed by atoms with Crippen LogP contribution in [0.1, 0.15) is 96.8 Å². The molecule has 0 heterocycles. The molecule has 0 amide bonds. The predicted octanol–water partition coefficient (Wildman–Crippen LogP) is 4.97. The van der Waals surface area contributed by atoms with Gasteiger partial charge in [-0.2, -0.15) is 0 Å². The fourth-order valence-electron chi connectivity index (χ4n) is 2.83. The summed E-state index contributed by atoms with van der Waals surface area (Å²) in [6.45, 7) is 3.56. The van der Waals surface area contributed by atoms with Crippen molar-refractivity contribution in [2.24, 2.45) is 0 Å². The maximum atomic E-state index is 9.17. The van der Waals surface area contributed by atoms with Gasteiger partial charge in [0.05, 0.1) is 12.7 Å². The Morgan fingerprint density at radius 2 is 1.25 bits per heavy atom. The topological polar surface area (TPSA) is 52.5 Å². The van der Waals surface area contributed by atoms with E-state index in [2.05, 4.69) is 24.4 Å². The summed E-state index contributed by atoms with van der Waals surface area (Å²) in [5.41, 5.74) is 0. The molecule has 0 fully saturated rings. The van der Waals surface area contributed by atoms with Crippen LogP contribution in [-0.4, -0.2) is 36.0 Å². The average Bonchev–Trinajstić information content (AvgIpc) is 2.60. The van der Waals surface area contributed by atoms with Gasteiger partial charge >= 0.3 is 0 Å². The molecule has 1 atom stereocenters. The van der Waals surface area contributed by atoms with Gasteiger partial charge in [-0.25, -0.2) is 0 Å². The maximum Gasteiger partial charge on any atom is 0.0894 e. The number of aliphatic hydroxyl groups excluding tert-OH is 2. The van der Waals surface area contributed by atoms with E-state index in [-0.39, 0.29) is 6.61 Å². The molecule has 0 saturated heterocycles. The third-order valence-corrected chi connectivity index (χ3v) is 4.46. The highest BCUT2D eigenvalue weighted by molar-refractivity contribution is 4.81. The lowest BCUT2D eigenvalue weighted by Crippen LogP contribution is -2.29. The van der Waals surface area contributed by atoms with Crippen molar-refractivity contribution in [3.05, 3.63) is 12.2 Å². The summed E-state index contributed by atoms with van der Waals surface area (Å²) >= 11 is 0. The number of rotatable bonds is 19. The second-order valence-electron chi connectivity index (χ2n) is 6.98. The fraction of sp³-hybridized carbons (Fsp3) is 0.905. The number of unbranched alkanes of at least 4 members (excludes halogenated alkanes) is 12. The van der Waals surface area contributed by atoms with E-state index in [1.165, 1.54) is 83.5 Å². The normalized spacial score (nSPS) is 13.0. The molecule has 3 N–H and O–H groups in total. The molecule has 3 heteroatoms. The van der Waals surface area contributed by atoms with Crippen molar-refractivity contribution in [3.63, 3.8) is 0 Å². The van der Waals surface area contributed by atoms with Crippen LogP contribution in [0.3, 0.4) is 0 Å². The lowest BCUT2D eigenvalue weighted by atomic mass is 10.1. The lowest BCUT2D eigenvalue weighted by molar-refractivity contribution is 0.0945. The minimum Gasteiger partial charge on any atom is -0.394 e. The van der Waals surface area contributed by atoms with Crippen LogP contribution in [0, 0.1) is 0 Å². The lowest BCUT2D eigenvalue weighted by Gasteiger charge is -2.08. The number of hydrogen-bond acceptors (Lipinski definition) is 3. The van der Waals surface area contributed by atoms with Gasteiger partial charge in [-0.15, -0.1) is 0 Å². The van der Waals surface area contributed by atoms with E-state index in [1.807, 2.05) is 0 Å². The van der Waals surface area contributed by atoms with E-state index in [1.54, 1.807) is 0 Å². The Labute approximate surface area is 150 Å². The molecule has 1 unspecified atom stereocenters. The van der Waals surface area contributed by atoms with Gasteiger partial charge in [-0.05, 0) is 38.6 Å². The van der Waals surface area contributed by atoms with Gasteiger partial charge in [0.15, 0.2) is 0 Å². The first-order chi connectivity index (χ1) is 11.8. The van der Waals surface area contributed by atoms with Crippen LogP contribution in [0.25, 0.3) is 0 Å². The molecule has 0 saturated carbocycles. The summed E-state index contributed by atoms with van der Waals surface area (Å²) in [4.78, 5) is 0. The molecular weight excluding hydrogens is 298 g/mol. The van der Waals surface area contributed by atoms with Crippen molar-refractivity contribution >= 4 is 0 Å². The van der Waals surface area contributed by atoms with Crippen LogP contribution >= 0.6 is 0 Å². The molecular formula is C21H43NO2. The monoisotopic (exact) mass is 341 g/mol. The zero-order valence-corrected chi connectivity index (χ0v) is 16.1. The van der Waals surface area contributed by atoms with Gasteiger partial charge in [0.2, 0.25) is 0 Å². The first kappa shape index (κ1) is 23.6. The van der Waals surface area contributed by atoms with Gasteiger partial charge in [-0.3, -0.25) is 0 Å². The molecule has 0 aromatic rings. The minimum atomic E-state index is -0.612. The molecule has 0 aromatic carbocycles. The largest absolute Gasteiger partial charge is 0.394 e. The van der Waals surface area contributed by atoms with Gasteiger partial charge in [0.25, 0.3) is 0 Å². The summed E-state index contributed by atoms with van der Waals surface area (Å²) in [7, 11) is 0. The van der Waals surface area contributed by atoms with Gasteiger partial charge in [-0.1, -0.05) is 76.9 Å². The van der Waals surface area contributed by atoms with Crippen molar-refractivity contribution in [2.45, 2.75) is 103 Å². The predicted molar refractivity (Wildman–Crippen MR) is 105 cm³/mol. The molecule has 0 aromatic heterocycles. The molecule has 144 valence electrons. The number of allylic oxidation sites excluding steroid dienone is 2. The highest BCUT2D eigenvalue weighted by atomic mass is 16.3. The number of hydrogen-bond donors (Lipinski definition) is 3. The van der Waals surface area contributed by atoms with Crippen molar-refractivity contribution in [3.8, 4) is 0 Å². The van der Waals surface area contributed by atoms with E-state index in [9.17, 15) is 5.11 Å². The molecule has 0 spiro atoms. The SMILES string of the molecule is CCCCCCCCC=CCCCCCCCCNCC(O)CO. The minimum absolute atomic E-state index is 0.152. The molecule has 0 radical (unpaired) electrons. The van der Waals surface area contributed by atoms with E-state index in [0.29, 0.717) is 6.54 Å². The van der Waals surface area contributed by atoms with Gasteiger partial charge < -0.3 is 15.5 Å². The summed E-state index contributed by atoms with van der Waals surface area (Å²) in [5.74, 6) is 0. The Morgan fingerprint density at radius 3 is 1.79 bits per heavy atom. The van der Waals surface area contributed by atoms with Crippen LogP contribution in [0.5, 0.6) is 0 Å². The van der Waals surface area contributed by atoms with Gasteiger partial charge in [0.1, 0.15) is 0 Å². The van der Waals surface area contributed by atoms with Crippen molar-refractivity contribution in [2.75, 3.05) is 19.7 Å². The third kappa shape index (κ3) is 19.7. The molecule has 0 aliphatic heterocycles. The van der Waals surface area contributed by atoms with Crippen LogP contribution in [0.2, 0.25) is 0 Å². The average molecular weight is 342 g/mol.